The molecular weight excluding hydrogens is 430 g/mol. The zero-order chi connectivity index (χ0) is 21.6. The topological polar surface area (TPSA) is 142 Å². The molecule has 2 amide bonds. The largest absolute Gasteiger partial charge is 0.337 e. The summed E-state index contributed by atoms with van der Waals surface area (Å²) in [7, 11) is -3.66. The highest BCUT2D eigenvalue weighted by Crippen LogP contribution is 2.22. The van der Waals surface area contributed by atoms with Gasteiger partial charge in [-0.15, -0.1) is 5.10 Å². The van der Waals surface area contributed by atoms with Crippen LogP contribution in [-0.4, -0.2) is 41.5 Å². The highest BCUT2D eigenvalue weighted by atomic mass is 35.5. The zero-order valence-corrected chi connectivity index (χ0v) is 17.0. The molecule has 12 heteroatoms. The molecule has 3 aromatic rings. The number of hydrogen-bond donors (Lipinski definition) is 3. The van der Waals surface area contributed by atoms with Crippen LogP contribution in [0.1, 0.15) is 5.56 Å². The fraction of sp³-hybridized carbons (Fsp3) is 0.111. The fourth-order valence-corrected chi connectivity index (χ4v) is 3.56. The Morgan fingerprint density at radius 2 is 2.03 bits per heavy atom. The number of amides is 2. The van der Waals surface area contributed by atoms with E-state index in [9.17, 15) is 13.2 Å². The van der Waals surface area contributed by atoms with E-state index in [1.807, 2.05) is 6.07 Å². The van der Waals surface area contributed by atoms with Gasteiger partial charge in [0, 0.05) is 25.0 Å². The van der Waals surface area contributed by atoms with Crippen molar-refractivity contribution < 1.29 is 13.2 Å². The lowest BCUT2D eigenvalue weighted by Gasteiger charge is -2.08. The van der Waals surface area contributed by atoms with Crippen LogP contribution in [0.5, 0.6) is 0 Å². The number of sulfonamides is 1. The van der Waals surface area contributed by atoms with Crippen LogP contribution in [0, 0.1) is 11.3 Å². The number of urea groups is 1. The van der Waals surface area contributed by atoms with Gasteiger partial charge >= 0.3 is 6.03 Å². The Hall–Kier alpha value is -3.62. The van der Waals surface area contributed by atoms with Gasteiger partial charge in [0.1, 0.15) is 5.82 Å². The lowest BCUT2D eigenvalue weighted by Crippen LogP contribution is -2.34. The van der Waals surface area contributed by atoms with Gasteiger partial charge in [-0.2, -0.15) is 5.26 Å². The minimum Gasteiger partial charge on any atom is -0.337 e. The third-order valence-corrected chi connectivity index (χ3v) is 5.30. The second kappa shape index (κ2) is 9.25. The Morgan fingerprint density at radius 1 is 1.20 bits per heavy atom. The van der Waals surface area contributed by atoms with Gasteiger partial charge in [-0.1, -0.05) is 17.7 Å². The van der Waals surface area contributed by atoms with Gasteiger partial charge in [0.25, 0.3) is 0 Å². The smallest absolute Gasteiger partial charge is 0.320 e. The monoisotopic (exact) mass is 445 g/mol. The summed E-state index contributed by atoms with van der Waals surface area (Å²) in [5, 5.41) is 18.4. The number of aromatic nitrogens is 3. The van der Waals surface area contributed by atoms with E-state index in [1.54, 1.807) is 36.5 Å². The summed E-state index contributed by atoms with van der Waals surface area (Å²) >= 11 is 6.15. The van der Waals surface area contributed by atoms with Gasteiger partial charge in [0.05, 0.1) is 28.1 Å². The van der Waals surface area contributed by atoms with E-state index in [0.29, 0.717) is 16.3 Å². The first-order valence-corrected chi connectivity index (χ1v) is 10.6. The van der Waals surface area contributed by atoms with Gasteiger partial charge in [-0.05, 0) is 30.3 Å². The molecule has 1 aromatic carbocycles. The number of nitriles is 1. The molecule has 0 atom stereocenters. The lowest BCUT2D eigenvalue weighted by molar-refractivity contribution is 0.252. The molecule has 0 saturated carbocycles. The number of hydrogen-bond acceptors (Lipinski definition) is 6. The normalized spacial score (nSPS) is 10.8. The molecule has 30 heavy (non-hydrogen) atoms. The van der Waals surface area contributed by atoms with Crippen molar-refractivity contribution in [1.82, 2.24) is 20.1 Å². The number of benzene rings is 1. The molecule has 10 nitrogen and oxygen atoms in total. The molecule has 0 unspecified atom stereocenters. The Labute approximate surface area is 177 Å². The summed E-state index contributed by atoms with van der Waals surface area (Å²) < 4.78 is 27.8. The summed E-state index contributed by atoms with van der Waals surface area (Å²) in [6.45, 7) is -0.115. The molecule has 3 rings (SSSR count). The van der Waals surface area contributed by atoms with E-state index < -0.39 is 16.1 Å². The summed E-state index contributed by atoms with van der Waals surface area (Å²) in [6.07, 6.45) is 3.05. The van der Waals surface area contributed by atoms with Crippen LogP contribution in [0.4, 0.5) is 16.4 Å². The van der Waals surface area contributed by atoms with Crippen LogP contribution >= 0.6 is 11.6 Å². The minimum atomic E-state index is -3.66. The molecule has 0 aliphatic carbocycles. The number of nitrogens with one attached hydrogen (secondary N) is 3. The SMILES string of the molecule is N#Cc1ccc(-n2ccc(NC(=O)NCCS(=O)(=O)Nc3ccccn3)n2)c(Cl)c1. The number of pyridine rings is 1. The molecule has 0 radical (unpaired) electrons. The fourth-order valence-electron chi connectivity index (χ4n) is 2.38. The third kappa shape index (κ3) is 5.69. The van der Waals surface area contributed by atoms with Gasteiger partial charge in [0.2, 0.25) is 10.0 Å². The van der Waals surface area contributed by atoms with Crippen molar-refractivity contribution in [2.45, 2.75) is 0 Å². The molecule has 0 aliphatic heterocycles. The number of carbonyl (C=O) groups excluding carboxylic acids is 1. The first kappa shape index (κ1) is 21.1. The predicted molar refractivity (Wildman–Crippen MR) is 112 cm³/mol. The van der Waals surface area contributed by atoms with Crippen LogP contribution in [0.15, 0.2) is 54.9 Å². The Balaban J connectivity index is 1.52. The molecule has 154 valence electrons. The van der Waals surface area contributed by atoms with Crippen molar-refractivity contribution in [3.05, 3.63) is 65.4 Å². The maximum Gasteiger partial charge on any atom is 0.320 e. The molecule has 2 aromatic heterocycles. The first-order valence-electron chi connectivity index (χ1n) is 8.58. The van der Waals surface area contributed by atoms with Gasteiger partial charge < -0.3 is 5.32 Å². The average Bonchev–Trinajstić information content (AvgIpc) is 3.16. The van der Waals surface area contributed by atoms with E-state index in [-0.39, 0.29) is 23.9 Å². The molecule has 0 aliphatic rings. The quantitative estimate of drug-likeness (QED) is 0.509. The van der Waals surface area contributed by atoms with Gasteiger partial charge in [-0.3, -0.25) is 10.0 Å². The summed E-state index contributed by atoms with van der Waals surface area (Å²) in [5.74, 6) is 0.114. The number of carbonyl (C=O) groups is 1. The van der Waals surface area contributed by atoms with Crippen LogP contribution < -0.4 is 15.4 Å². The molecule has 3 N–H and O–H groups in total. The Kier molecular flexibility index (Phi) is 6.51. The van der Waals surface area contributed by atoms with Gasteiger partial charge in [-0.25, -0.2) is 22.9 Å². The van der Waals surface area contributed by atoms with Crippen LogP contribution in [0.25, 0.3) is 5.69 Å². The van der Waals surface area contributed by atoms with Crippen LogP contribution in [0.3, 0.4) is 0 Å². The second-order valence-corrected chi connectivity index (χ2v) is 8.19. The predicted octanol–water partition coefficient (Wildman–Crippen LogP) is 2.36. The van der Waals surface area contributed by atoms with Crippen molar-refractivity contribution >= 4 is 39.3 Å². The third-order valence-electron chi connectivity index (χ3n) is 3.74. The highest BCUT2D eigenvalue weighted by Gasteiger charge is 2.13. The average molecular weight is 446 g/mol. The molecule has 0 saturated heterocycles. The van der Waals surface area contributed by atoms with Crippen molar-refractivity contribution in [3.8, 4) is 11.8 Å². The summed E-state index contributed by atoms with van der Waals surface area (Å²) in [4.78, 5) is 15.9. The summed E-state index contributed by atoms with van der Waals surface area (Å²) in [6, 6.07) is 12.5. The van der Waals surface area contributed by atoms with Crippen molar-refractivity contribution in [2.24, 2.45) is 0 Å². The minimum absolute atomic E-state index is 0.115. The van der Waals surface area contributed by atoms with Crippen molar-refractivity contribution in [3.63, 3.8) is 0 Å². The second-order valence-electron chi connectivity index (χ2n) is 5.94. The van der Waals surface area contributed by atoms with Crippen molar-refractivity contribution in [2.75, 3.05) is 22.3 Å². The van der Waals surface area contributed by atoms with Gasteiger partial charge in [0.15, 0.2) is 5.82 Å². The van der Waals surface area contributed by atoms with E-state index in [0.717, 1.165) is 0 Å². The molecule has 0 bridgehead atoms. The number of halogens is 1. The van der Waals surface area contributed by atoms with E-state index in [1.165, 1.54) is 23.0 Å². The molecular formula is C18H16ClN7O3S. The summed E-state index contributed by atoms with van der Waals surface area (Å²) in [5.41, 5.74) is 0.955. The first-order chi connectivity index (χ1) is 14.4. The number of anilines is 2. The molecule has 0 fully saturated rings. The highest BCUT2D eigenvalue weighted by molar-refractivity contribution is 7.92. The number of nitrogens with zero attached hydrogens (tertiary/aromatic N) is 4. The Morgan fingerprint density at radius 3 is 2.73 bits per heavy atom. The maximum absolute atomic E-state index is 12.0. The Bertz CT molecular complexity index is 1190. The maximum atomic E-state index is 12.0. The lowest BCUT2D eigenvalue weighted by atomic mass is 10.2. The van der Waals surface area contributed by atoms with Crippen LogP contribution in [-0.2, 0) is 10.0 Å². The van der Waals surface area contributed by atoms with E-state index >= 15 is 0 Å². The standard InChI is InChI=1S/C18H16ClN7O3S/c19-14-11-13(12-20)4-5-15(14)26-9-6-17(24-26)23-18(27)22-8-10-30(28,29)25-16-3-1-2-7-21-16/h1-7,9,11H,8,10H2,(H,21,25)(H2,22,23,24,27). The number of rotatable bonds is 7. The molecule has 0 spiro atoms. The van der Waals surface area contributed by atoms with E-state index in [2.05, 4.69) is 25.4 Å². The zero-order valence-electron chi connectivity index (χ0n) is 15.4. The van der Waals surface area contributed by atoms with Crippen LogP contribution in [0.2, 0.25) is 5.02 Å². The van der Waals surface area contributed by atoms with E-state index in [4.69, 9.17) is 16.9 Å². The molecule has 2 heterocycles. The van der Waals surface area contributed by atoms with Crippen molar-refractivity contribution in [1.29, 1.82) is 5.26 Å².